The van der Waals surface area contributed by atoms with E-state index >= 15 is 0 Å². The highest BCUT2D eigenvalue weighted by atomic mass is 79.9. The molecule has 1 aliphatic carbocycles. The van der Waals surface area contributed by atoms with Crippen molar-refractivity contribution in [1.82, 2.24) is 10.2 Å². The lowest BCUT2D eigenvalue weighted by molar-refractivity contribution is 0.149. The number of nitrogens with one attached hydrogen (secondary N) is 1. The SMILES string of the molecule is Br.Br.Clc1ccc(CCN[C@H]2CCCC[C@H]2N2CCCC2)cc1Cl. The van der Waals surface area contributed by atoms with Crippen molar-refractivity contribution in [3.8, 4) is 0 Å². The maximum atomic E-state index is 6.09. The van der Waals surface area contributed by atoms with E-state index in [9.17, 15) is 0 Å². The third-order valence-corrected chi connectivity index (χ3v) is 5.88. The summed E-state index contributed by atoms with van der Waals surface area (Å²) in [5.74, 6) is 0. The van der Waals surface area contributed by atoms with Crippen molar-refractivity contribution in [1.29, 1.82) is 0 Å². The van der Waals surface area contributed by atoms with Gasteiger partial charge < -0.3 is 5.32 Å². The van der Waals surface area contributed by atoms with Gasteiger partial charge in [0.1, 0.15) is 0 Å². The van der Waals surface area contributed by atoms with Gasteiger partial charge in [-0.1, -0.05) is 42.1 Å². The number of hydrogen-bond acceptors (Lipinski definition) is 2. The molecule has 2 fully saturated rings. The normalized spacial score (nSPS) is 24.2. The fraction of sp³-hybridized carbons (Fsp3) is 0.667. The predicted octanol–water partition coefficient (Wildman–Crippen LogP) is 5.69. The smallest absolute Gasteiger partial charge is 0.0595 e. The largest absolute Gasteiger partial charge is 0.312 e. The van der Waals surface area contributed by atoms with E-state index in [0.29, 0.717) is 16.1 Å². The van der Waals surface area contributed by atoms with Crippen molar-refractivity contribution >= 4 is 57.2 Å². The van der Waals surface area contributed by atoms with E-state index < -0.39 is 0 Å². The maximum Gasteiger partial charge on any atom is 0.0595 e. The van der Waals surface area contributed by atoms with Crippen LogP contribution in [0.25, 0.3) is 0 Å². The zero-order valence-corrected chi connectivity index (χ0v) is 18.9. The Balaban J connectivity index is 0.00000144. The summed E-state index contributed by atoms with van der Waals surface area (Å²) in [6.07, 6.45) is 9.23. The van der Waals surface area contributed by atoms with Gasteiger partial charge in [-0.15, -0.1) is 34.0 Å². The molecule has 0 bridgehead atoms. The Kier molecular flexibility index (Phi) is 10.8. The first-order chi connectivity index (χ1) is 10.7. The molecule has 0 spiro atoms. The number of hydrogen-bond donors (Lipinski definition) is 1. The minimum absolute atomic E-state index is 0. The van der Waals surface area contributed by atoms with E-state index in [2.05, 4.69) is 16.3 Å². The summed E-state index contributed by atoms with van der Waals surface area (Å²) in [7, 11) is 0. The standard InChI is InChI=1S/C18H26Cl2N2.2BrH/c19-15-8-7-14(13-16(15)20)9-10-21-17-5-1-2-6-18(17)22-11-3-4-12-22;;/h7-8,13,17-18,21H,1-6,9-12H2;2*1H/t17-,18+;;/m0../s1. The van der Waals surface area contributed by atoms with Crippen molar-refractivity contribution in [3.05, 3.63) is 33.8 Å². The molecule has 24 heavy (non-hydrogen) atoms. The molecule has 0 aromatic heterocycles. The first-order valence-corrected chi connectivity index (χ1v) is 9.41. The molecule has 0 radical (unpaired) electrons. The maximum absolute atomic E-state index is 6.09. The van der Waals surface area contributed by atoms with Crippen LogP contribution < -0.4 is 5.32 Å². The molecule has 1 aliphatic heterocycles. The average Bonchev–Trinajstić information content (AvgIpc) is 3.05. The van der Waals surface area contributed by atoms with Crippen LogP contribution >= 0.6 is 57.2 Å². The minimum atomic E-state index is 0. The monoisotopic (exact) mass is 500 g/mol. The lowest BCUT2D eigenvalue weighted by Gasteiger charge is -2.38. The number of nitrogens with zero attached hydrogens (tertiary/aromatic N) is 1. The third kappa shape index (κ3) is 6.14. The number of rotatable bonds is 5. The molecule has 1 N–H and O–H groups in total. The highest BCUT2D eigenvalue weighted by Crippen LogP contribution is 2.26. The van der Waals surface area contributed by atoms with Gasteiger partial charge in [-0.05, 0) is 69.4 Å². The molecular weight excluding hydrogens is 475 g/mol. The van der Waals surface area contributed by atoms with Gasteiger partial charge in [0.2, 0.25) is 0 Å². The van der Waals surface area contributed by atoms with Crippen LogP contribution in [0.3, 0.4) is 0 Å². The van der Waals surface area contributed by atoms with Crippen LogP contribution in [0.4, 0.5) is 0 Å². The first-order valence-electron chi connectivity index (χ1n) is 8.65. The summed E-state index contributed by atoms with van der Waals surface area (Å²) in [6.45, 7) is 3.62. The van der Waals surface area contributed by atoms with E-state index in [1.807, 2.05) is 12.1 Å². The fourth-order valence-corrected chi connectivity index (χ4v) is 4.28. The summed E-state index contributed by atoms with van der Waals surface area (Å²) in [5, 5.41) is 5.11. The summed E-state index contributed by atoms with van der Waals surface area (Å²) in [4.78, 5) is 2.72. The van der Waals surface area contributed by atoms with Gasteiger partial charge >= 0.3 is 0 Å². The predicted molar refractivity (Wildman–Crippen MR) is 116 cm³/mol. The van der Waals surface area contributed by atoms with Crippen molar-refractivity contribution in [2.45, 2.75) is 57.0 Å². The molecule has 1 saturated carbocycles. The summed E-state index contributed by atoms with van der Waals surface area (Å²) < 4.78 is 0. The second-order valence-electron chi connectivity index (χ2n) is 6.65. The molecule has 0 amide bonds. The van der Waals surface area contributed by atoms with Crippen molar-refractivity contribution in [2.75, 3.05) is 19.6 Å². The fourth-order valence-electron chi connectivity index (χ4n) is 3.96. The highest BCUT2D eigenvalue weighted by molar-refractivity contribution is 8.93. The van der Waals surface area contributed by atoms with Gasteiger partial charge in [-0.2, -0.15) is 0 Å². The zero-order valence-electron chi connectivity index (χ0n) is 14.0. The molecule has 1 heterocycles. The zero-order chi connectivity index (χ0) is 15.4. The average molecular weight is 503 g/mol. The number of benzene rings is 1. The second kappa shape index (κ2) is 11.4. The molecular formula is C18H28Br2Cl2N2. The molecule has 0 unspecified atom stereocenters. The Morgan fingerprint density at radius 1 is 0.958 bits per heavy atom. The highest BCUT2D eigenvalue weighted by Gasteiger charge is 2.30. The molecule has 3 rings (SSSR count). The summed E-state index contributed by atoms with van der Waals surface area (Å²) in [6, 6.07) is 7.38. The third-order valence-electron chi connectivity index (χ3n) is 5.14. The number of halogens is 4. The van der Waals surface area contributed by atoms with Crippen molar-refractivity contribution in [3.63, 3.8) is 0 Å². The van der Waals surface area contributed by atoms with Crippen LogP contribution in [0.1, 0.15) is 44.1 Å². The van der Waals surface area contributed by atoms with E-state index in [-0.39, 0.29) is 34.0 Å². The van der Waals surface area contributed by atoms with Crippen LogP contribution in [0, 0.1) is 0 Å². The second-order valence-corrected chi connectivity index (χ2v) is 7.47. The molecule has 1 aromatic rings. The van der Waals surface area contributed by atoms with E-state index in [0.717, 1.165) is 19.0 Å². The van der Waals surface area contributed by atoms with Gasteiger partial charge in [0.25, 0.3) is 0 Å². The Hall–Kier alpha value is 0.680. The molecule has 1 saturated heterocycles. The molecule has 2 aliphatic rings. The van der Waals surface area contributed by atoms with Gasteiger partial charge in [-0.25, -0.2) is 0 Å². The van der Waals surface area contributed by atoms with Crippen LogP contribution in [0.15, 0.2) is 18.2 Å². The summed E-state index contributed by atoms with van der Waals surface area (Å²) in [5.41, 5.74) is 1.26. The molecule has 1 aromatic carbocycles. The van der Waals surface area contributed by atoms with Gasteiger partial charge in [0.15, 0.2) is 0 Å². The topological polar surface area (TPSA) is 15.3 Å². The number of likely N-dealkylation sites (tertiary alicyclic amines) is 1. The quantitative estimate of drug-likeness (QED) is 0.556. The summed E-state index contributed by atoms with van der Waals surface area (Å²) >= 11 is 12.1. The Morgan fingerprint density at radius 3 is 2.38 bits per heavy atom. The van der Waals surface area contributed by atoms with Crippen LogP contribution in [-0.4, -0.2) is 36.6 Å². The van der Waals surface area contributed by atoms with Gasteiger partial charge in [-0.3, -0.25) is 4.90 Å². The Bertz CT molecular complexity index is 496. The lowest BCUT2D eigenvalue weighted by Crippen LogP contribution is -2.51. The Labute approximate surface area is 177 Å². The van der Waals surface area contributed by atoms with Gasteiger partial charge in [0, 0.05) is 12.1 Å². The van der Waals surface area contributed by atoms with E-state index in [1.54, 1.807) is 0 Å². The Morgan fingerprint density at radius 2 is 1.67 bits per heavy atom. The van der Waals surface area contributed by atoms with E-state index in [4.69, 9.17) is 23.2 Å². The van der Waals surface area contributed by atoms with Crippen LogP contribution in [0.5, 0.6) is 0 Å². The van der Waals surface area contributed by atoms with Crippen LogP contribution in [-0.2, 0) is 6.42 Å². The first kappa shape index (κ1) is 22.7. The van der Waals surface area contributed by atoms with Gasteiger partial charge in [0.05, 0.1) is 10.0 Å². The minimum Gasteiger partial charge on any atom is -0.312 e. The molecule has 2 nitrogen and oxygen atoms in total. The molecule has 6 heteroatoms. The van der Waals surface area contributed by atoms with Crippen LogP contribution in [0.2, 0.25) is 10.0 Å². The van der Waals surface area contributed by atoms with Crippen molar-refractivity contribution in [2.24, 2.45) is 0 Å². The lowest BCUT2D eigenvalue weighted by atomic mass is 9.89. The van der Waals surface area contributed by atoms with E-state index in [1.165, 1.54) is 57.2 Å². The molecule has 2 atom stereocenters. The van der Waals surface area contributed by atoms with Crippen molar-refractivity contribution < 1.29 is 0 Å². The molecule has 138 valence electrons.